The van der Waals surface area contributed by atoms with Crippen LogP contribution in [-0.2, 0) is 35.3 Å². The number of nitrogens with two attached hydrogens (primary N) is 1. The largest absolute Gasteiger partial charge is 0.447 e. The topological polar surface area (TPSA) is 239 Å². The molecule has 2 aliphatic heterocycles. The molecule has 296 valence electrons. The average Bonchev–Trinajstić information content (AvgIpc) is 3.80. The molecular formula is C35H46F3N7O9. The summed E-state index contributed by atoms with van der Waals surface area (Å²) in [5.41, 5.74) is 1.46. The second-order valence-electron chi connectivity index (χ2n) is 14.9. The number of nitrogens with one attached hydrogen (secondary N) is 2. The summed E-state index contributed by atoms with van der Waals surface area (Å²) >= 11 is 0. The van der Waals surface area contributed by atoms with Crippen LogP contribution in [0.5, 0.6) is 0 Å². The molecule has 3 aliphatic rings. The number of aliphatic hydroxyl groups is 3. The highest BCUT2D eigenvalue weighted by Crippen LogP contribution is 2.37. The summed E-state index contributed by atoms with van der Waals surface area (Å²) in [7, 11) is 0. The normalized spacial score (nSPS) is 21.7. The highest BCUT2D eigenvalue weighted by molar-refractivity contribution is 6.39. The van der Waals surface area contributed by atoms with Gasteiger partial charge in [0.15, 0.2) is 0 Å². The van der Waals surface area contributed by atoms with Gasteiger partial charge >= 0.3 is 6.18 Å². The van der Waals surface area contributed by atoms with Crippen LogP contribution in [0.1, 0.15) is 99.3 Å². The van der Waals surface area contributed by atoms with Crippen molar-refractivity contribution < 1.29 is 57.2 Å². The van der Waals surface area contributed by atoms with Gasteiger partial charge < -0.3 is 41.3 Å². The van der Waals surface area contributed by atoms with Crippen LogP contribution in [0.15, 0.2) is 30.5 Å². The van der Waals surface area contributed by atoms with Gasteiger partial charge in [-0.2, -0.15) is 13.2 Å². The first kappa shape index (κ1) is 40.7. The number of aromatic nitrogens is 3. The number of carbonyl (C=O) groups is 5. The Bertz CT molecular complexity index is 1710. The maximum atomic E-state index is 14.7. The van der Waals surface area contributed by atoms with E-state index in [1.54, 1.807) is 0 Å². The number of nitrogens with zero attached hydrogens (tertiary/aromatic N) is 4. The molecule has 3 fully saturated rings. The quantitative estimate of drug-likeness (QED) is 0.131. The molecule has 7 N–H and O–H groups in total. The molecule has 0 radical (unpaired) electrons. The van der Waals surface area contributed by atoms with Gasteiger partial charge in [0.05, 0.1) is 17.9 Å². The minimum atomic E-state index is -5.41. The van der Waals surface area contributed by atoms with Crippen LogP contribution >= 0.6 is 0 Å². The molecule has 0 spiro atoms. The van der Waals surface area contributed by atoms with E-state index in [2.05, 4.69) is 20.9 Å². The number of halogens is 3. The fraction of sp³-hybridized carbons (Fsp3) is 0.629. The standard InChI is InChI=1S/C35H46F3N7O9/c1-32(2,51)26-18-40-43-45(26)23-17-25(30(49)42-33(27(46)28(39)47)12-14-54-15-13-33)44(19-23)31(50)24(16-20-6-4-3-5-7-20)41-29(48)21-8-10-22(11-9-21)34(52,53)35(36,37)38/h8-11,18,20,23-25,51-53H,3-7,12-17,19H2,1-2H3,(H2,39,47)(H,41,48)(H,42,49)/t23-,24+,25-/m0/s1. The van der Waals surface area contributed by atoms with E-state index in [4.69, 9.17) is 10.5 Å². The highest BCUT2D eigenvalue weighted by Gasteiger charge is 2.54. The zero-order valence-electron chi connectivity index (χ0n) is 30.0. The minimum absolute atomic E-state index is 0.00744. The van der Waals surface area contributed by atoms with E-state index < -0.39 is 76.2 Å². The predicted molar refractivity (Wildman–Crippen MR) is 181 cm³/mol. The van der Waals surface area contributed by atoms with Gasteiger partial charge in [-0.1, -0.05) is 49.5 Å². The Labute approximate surface area is 308 Å². The Balaban J connectivity index is 1.48. The minimum Gasteiger partial charge on any atom is -0.384 e. The Morgan fingerprint density at radius 3 is 2.22 bits per heavy atom. The van der Waals surface area contributed by atoms with E-state index in [0.29, 0.717) is 5.69 Å². The van der Waals surface area contributed by atoms with Gasteiger partial charge in [0.1, 0.15) is 23.2 Å². The summed E-state index contributed by atoms with van der Waals surface area (Å²) < 4.78 is 46.4. The molecule has 1 aliphatic carbocycles. The fourth-order valence-corrected chi connectivity index (χ4v) is 7.56. The molecule has 1 saturated carbocycles. The molecule has 5 rings (SSSR count). The van der Waals surface area contributed by atoms with Crippen molar-refractivity contribution in [2.45, 2.75) is 113 Å². The van der Waals surface area contributed by atoms with Gasteiger partial charge in [-0.3, -0.25) is 24.0 Å². The van der Waals surface area contributed by atoms with E-state index in [1.165, 1.54) is 29.6 Å². The van der Waals surface area contributed by atoms with Crippen molar-refractivity contribution in [3.63, 3.8) is 0 Å². The Morgan fingerprint density at radius 2 is 1.65 bits per heavy atom. The summed E-state index contributed by atoms with van der Waals surface area (Å²) in [5.74, 6) is -8.70. The molecule has 19 heteroatoms. The molecule has 3 heterocycles. The molecule has 2 aromatic rings. The number of hydrogen-bond acceptors (Lipinski definition) is 11. The number of ketones is 1. The van der Waals surface area contributed by atoms with Crippen LogP contribution in [0, 0.1) is 5.92 Å². The number of rotatable bonds is 12. The number of ether oxygens (including phenoxy) is 1. The van der Waals surface area contributed by atoms with Gasteiger partial charge in [0.25, 0.3) is 17.6 Å². The zero-order valence-corrected chi connectivity index (χ0v) is 30.0. The zero-order chi connectivity index (χ0) is 39.6. The molecule has 0 bridgehead atoms. The summed E-state index contributed by atoms with van der Waals surface area (Å²) in [6, 6.07) is 0.203. The Morgan fingerprint density at radius 1 is 1.02 bits per heavy atom. The van der Waals surface area contributed by atoms with Gasteiger partial charge in [-0.25, -0.2) is 4.68 Å². The fourth-order valence-electron chi connectivity index (χ4n) is 7.56. The molecule has 16 nitrogen and oxygen atoms in total. The Kier molecular flexibility index (Phi) is 11.9. The SMILES string of the molecule is CC(C)(O)c1cnnn1[C@H]1C[C@@H](C(=O)NC2(C(=O)C(N)=O)CCOCC2)N(C(=O)[C@@H](CC2CCCCC2)NC(=O)c2ccc(C(O)(O)C(F)(F)F)cc2)C1. The van der Waals surface area contributed by atoms with Gasteiger partial charge in [-0.05, 0) is 38.3 Å². The molecule has 4 amide bonds. The lowest BCUT2D eigenvalue weighted by molar-refractivity contribution is -0.358. The first-order chi connectivity index (χ1) is 25.2. The maximum absolute atomic E-state index is 14.7. The summed E-state index contributed by atoms with van der Waals surface area (Å²) in [6.45, 7) is 2.99. The van der Waals surface area contributed by atoms with Crippen molar-refractivity contribution >= 4 is 29.4 Å². The highest BCUT2D eigenvalue weighted by atomic mass is 19.4. The molecule has 54 heavy (non-hydrogen) atoms. The first-order valence-corrected chi connectivity index (χ1v) is 17.9. The molecule has 1 aromatic carbocycles. The molecular weight excluding hydrogens is 719 g/mol. The first-order valence-electron chi connectivity index (χ1n) is 17.9. The number of Topliss-reactive ketones (excluding diaryl/α,β-unsaturated/α-hetero) is 1. The number of amides is 4. The van der Waals surface area contributed by atoms with E-state index in [1.807, 2.05) is 0 Å². The van der Waals surface area contributed by atoms with Crippen molar-refractivity contribution in [1.82, 2.24) is 30.5 Å². The maximum Gasteiger partial charge on any atom is 0.447 e. The van der Waals surface area contributed by atoms with E-state index >= 15 is 0 Å². The molecule has 1 aromatic heterocycles. The van der Waals surface area contributed by atoms with E-state index in [-0.39, 0.29) is 56.9 Å². The molecule has 3 atom stereocenters. The van der Waals surface area contributed by atoms with Crippen molar-refractivity contribution in [2.24, 2.45) is 11.7 Å². The lowest BCUT2D eigenvalue weighted by Crippen LogP contribution is -2.64. The van der Waals surface area contributed by atoms with Crippen molar-refractivity contribution in [3.05, 3.63) is 47.3 Å². The number of benzene rings is 1. The van der Waals surface area contributed by atoms with Crippen molar-refractivity contribution in [1.29, 1.82) is 0 Å². The monoisotopic (exact) mass is 765 g/mol. The summed E-state index contributed by atoms with van der Waals surface area (Å²) in [6.07, 6.45) is 0.268. The van der Waals surface area contributed by atoms with E-state index in [9.17, 15) is 52.5 Å². The smallest absolute Gasteiger partial charge is 0.384 e. The van der Waals surface area contributed by atoms with Crippen LogP contribution in [0.25, 0.3) is 0 Å². The number of carbonyl (C=O) groups excluding carboxylic acids is 5. The lowest BCUT2D eigenvalue weighted by Gasteiger charge is -2.37. The van der Waals surface area contributed by atoms with Crippen LogP contribution in [0.4, 0.5) is 13.2 Å². The predicted octanol–water partition coefficient (Wildman–Crippen LogP) is 0.836. The number of primary amides is 1. The third-order valence-corrected chi connectivity index (χ3v) is 10.6. The second-order valence-corrected chi connectivity index (χ2v) is 14.9. The molecule has 2 saturated heterocycles. The summed E-state index contributed by atoms with van der Waals surface area (Å²) in [4.78, 5) is 69.0. The number of hydrogen-bond donors (Lipinski definition) is 6. The van der Waals surface area contributed by atoms with Crippen molar-refractivity contribution in [3.8, 4) is 0 Å². The van der Waals surface area contributed by atoms with Gasteiger partial charge in [0, 0.05) is 50.1 Å². The third kappa shape index (κ3) is 8.58. The van der Waals surface area contributed by atoms with Crippen LogP contribution < -0.4 is 16.4 Å². The van der Waals surface area contributed by atoms with Crippen LogP contribution in [-0.4, -0.2) is 108 Å². The number of likely N-dealkylation sites (tertiary alicyclic amines) is 1. The third-order valence-electron chi connectivity index (χ3n) is 10.6. The van der Waals surface area contributed by atoms with E-state index in [0.717, 1.165) is 56.4 Å². The Hall–Kier alpha value is -4.46. The second kappa shape index (κ2) is 15.7. The van der Waals surface area contributed by atoms with Crippen molar-refractivity contribution in [2.75, 3.05) is 19.8 Å². The number of alkyl halides is 3. The lowest BCUT2D eigenvalue weighted by atomic mass is 9.84. The summed E-state index contributed by atoms with van der Waals surface area (Å²) in [5, 5.41) is 43.6. The average molecular weight is 766 g/mol. The van der Waals surface area contributed by atoms with Gasteiger partial charge in [0.2, 0.25) is 17.6 Å². The van der Waals surface area contributed by atoms with Crippen LogP contribution in [0.2, 0.25) is 0 Å². The van der Waals surface area contributed by atoms with Crippen LogP contribution in [0.3, 0.4) is 0 Å². The van der Waals surface area contributed by atoms with Gasteiger partial charge in [-0.15, -0.1) is 5.10 Å². The molecule has 0 unspecified atom stereocenters.